The van der Waals surface area contributed by atoms with E-state index in [2.05, 4.69) is 21.2 Å². The van der Waals surface area contributed by atoms with Crippen LogP contribution in [-0.2, 0) is 26.2 Å². The van der Waals surface area contributed by atoms with Gasteiger partial charge in [-0.05, 0) is 60.9 Å². The van der Waals surface area contributed by atoms with Crippen LogP contribution in [0.25, 0.3) is 0 Å². The van der Waals surface area contributed by atoms with Crippen LogP contribution in [0.5, 0.6) is 5.75 Å². The number of methoxy groups -OCH3 is 1. The van der Waals surface area contributed by atoms with E-state index >= 15 is 0 Å². The number of ether oxygens (including phenoxy) is 1. The molecule has 3 aromatic rings. The largest absolute Gasteiger partial charge is 0.497 e. The number of hydrogen-bond donors (Lipinski definition) is 1. The zero-order valence-electron chi connectivity index (χ0n) is 22.3. The Balaban J connectivity index is 2.03. The Bertz CT molecular complexity index is 1350. The molecule has 39 heavy (non-hydrogen) atoms. The number of amides is 2. The molecule has 0 saturated heterocycles. The van der Waals surface area contributed by atoms with E-state index < -0.39 is 28.5 Å². The molecule has 1 atom stereocenters. The quantitative estimate of drug-likeness (QED) is 0.292. The van der Waals surface area contributed by atoms with Crippen LogP contribution < -0.4 is 14.4 Å². The molecule has 0 aliphatic carbocycles. The highest BCUT2D eigenvalue weighted by molar-refractivity contribution is 9.10. The number of sulfonamides is 1. The van der Waals surface area contributed by atoms with Gasteiger partial charge in [0.05, 0.1) is 17.7 Å². The molecule has 10 heteroatoms. The van der Waals surface area contributed by atoms with Gasteiger partial charge in [0.1, 0.15) is 18.3 Å². The summed E-state index contributed by atoms with van der Waals surface area (Å²) in [6.45, 7) is 3.90. The van der Waals surface area contributed by atoms with E-state index in [-0.39, 0.29) is 17.3 Å². The molecule has 208 valence electrons. The van der Waals surface area contributed by atoms with Crippen molar-refractivity contribution in [3.05, 3.63) is 88.9 Å². The lowest BCUT2D eigenvalue weighted by Gasteiger charge is -2.33. The standard InChI is InChI=1S/C29H34BrN3O5S/c1-4-18-31-29(35)27(5-2)32(20-22-14-16-25(38-3)17-15-22)28(34)21-33(24-11-9-10-23(30)19-24)39(36,37)26-12-7-6-8-13-26/h6-17,19,27H,4-5,18,20-21H2,1-3H3,(H,31,35). The lowest BCUT2D eigenvalue weighted by Crippen LogP contribution is -2.52. The van der Waals surface area contributed by atoms with Gasteiger partial charge in [-0.3, -0.25) is 13.9 Å². The number of anilines is 1. The summed E-state index contributed by atoms with van der Waals surface area (Å²) in [4.78, 5) is 28.6. The van der Waals surface area contributed by atoms with Crippen LogP contribution in [0.3, 0.4) is 0 Å². The van der Waals surface area contributed by atoms with Gasteiger partial charge >= 0.3 is 0 Å². The summed E-state index contributed by atoms with van der Waals surface area (Å²) < 4.78 is 34.6. The van der Waals surface area contributed by atoms with Crippen LogP contribution in [-0.4, -0.2) is 51.4 Å². The van der Waals surface area contributed by atoms with Crippen molar-refractivity contribution in [3.63, 3.8) is 0 Å². The van der Waals surface area contributed by atoms with Gasteiger partial charge in [-0.1, -0.05) is 66.2 Å². The molecule has 1 unspecified atom stereocenters. The van der Waals surface area contributed by atoms with Gasteiger partial charge in [0.2, 0.25) is 11.8 Å². The third-order valence-corrected chi connectivity index (χ3v) is 8.43. The average molecular weight is 617 g/mol. The highest BCUT2D eigenvalue weighted by atomic mass is 79.9. The normalized spacial score (nSPS) is 11.9. The second-order valence-corrected chi connectivity index (χ2v) is 11.7. The topological polar surface area (TPSA) is 96.0 Å². The Labute approximate surface area is 239 Å². The number of nitrogens with one attached hydrogen (secondary N) is 1. The molecule has 1 N–H and O–H groups in total. The Morgan fingerprint density at radius 2 is 1.67 bits per heavy atom. The van der Waals surface area contributed by atoms with Crippen molar-refractivity contribution < 1.29 is 22.7 Å². The maximum absolute atomic E-state index is 14.0. The van der Waals surface area contributed by atoms with E-state index in [0.717, 1.165) is 16.3 Å². The van der Waals surface area contributed by atoms with Crippen molar-refractivity contribution in [1.29, 1.82) is 0 Å². The van der Waals surface area contributed by atoms with Crippen LogP contribution in [0.15, 0.2) is 88.2 Å². The van der Waals surface area contributed by atoms with Crippen molar-refractivity contribution in [2.45, 2.75) is 44.2 Å². The first-order valence-electron chi connectivity index (χ1n) is 12.7. The zero-order valence-corrected chi connectivity index (χ0v) is 24.7. The zero-order chi connectivity index (χ0) is 28.4. The first-order valence-corrected chi connectivity index (χ1v) is 15.0. The SMILES string of the molecule is CCCNC(=O)C(CC)N(Cc1ccc(OC)cc1)C(=O)CN(c1cccc(Br)c1)S(=O)(=O)c1ccccc1. The number of benzene rings is 3. The summed E-state index contributed by atoms with van der Waals surface area (Å²) in [6, 6.07) is 21.2. The molecular formula is C29H34BrN3O5S. The van der Waals surface area contributed by atoms with Gasteiger partial charge in [0, 0.05) is 17.6 Å². The molecule has 0 aromatic heterocycles. The Hall–Kier alpha value is -3.37. The minimum Gasteiger partial charge on any atom is -0.497 e. The summed E-state index contributed by atoms with van der Waals surface area (Å²) >= 11 is 3.40. The Morgan fingerprint density at radius 3 is 2.26 bits per heavy atom. The summed E-state index contributed by atoms with van der Waals surface area (Å²) in [7, 11) is -2.53. The number of nitrogens with zero attached hydrogens (tertiary/aromatic N) is 2. The monoisotopic (exact) mass is 615 g/mol. The van der Waals surface area contributed by atoms with Crippen LogP contribution >= 0.6 is 15.9 Å². The van der Waals surface area contributed by atoms with Gasteiger partial charge in [0.25, 0.3) is 10.0 Å². The molecule has 0 spiro atoms. The number of carbonyl (C=O) groups excluding carboxylic acids is 2. The molecule has 3 aromatic carbocycles. The van der Waals surface area contributed by atoms with Gasteiger partial charge in [-0.25, -0.2) is 8.42 Å². The Kier molecular flexibility index (Phi) is 10.9. The second-order valence-electron chi connectivity index (χ2n) is 8.89. The molecule has 0 fully saturated rings. The third kappa shape index (κ3) is 7.83. The Morgan fingerprint density at radius 1 is 0.974 bits per heavy atom. The van der Waals surface area contributed by atoms with Crippen molar-refractivity contribution in [2.75, 3.05) is 24.5 Å². The van der Waals surface area contributed by atoms with E-state index in [1.165, 1.54) is 17.0 Å². The van der Waals surface area contributed by atoms with Crippen LogP contribution in [0.4, 0.5) is 5.69 Å². The lowest BCUT2D eigenvalue weighted by atomic mass is 10.1. The first-order chi connectivity index (χ1) is 18.7. The summed E-state index contributed by atoms with van der Waals surface area (Å²) in [5.74, 6) is -0.107. The highest BCUT2D eigenvalue weighted by Crippen LogP contribution is 2.27. The predicted molar refractivity (Wildman–Crippen MR) is 156 cm³/mol. The molecule has 3 rings (SSSR count). The van der Waals surface area contributed by atoms with Crippen LogP contribution in [0.1, 0.15) is 32.3 Å². The van der Waals surface area contributed by atoms with Crippen molar-refractivity contribution >= 4 is 43.5 Å². The van der Waals surface area contributed by atoms with Gasteiger partial charge in [0.15, 0.2) is 0 Å². The fourth-order valence-corrected chi connectivity index (χ4v) is 5.91. The van der Waals surface area contributed by atoms with E-state index in [4.69, 9.17) is 4.74 Å². The first kappa shape index (κ1) is 30.2. The van der Waals surface area contributed by atoms with Crippen molar-refractivity contribution in [3.8, 4) is 5.75 Å². The molecule has 0 bridgehead atoms. The summed E-state index contributed by atoms with van der Waals surface area (Å²) in [6.07, 6.45) is 1.11. The number of carbonyl (C=O) groups is 2. The molecule has 0 radical (unpaired) electrons. The van der Waals surface area contributed by atoms with E-state index in [1.807, 2.05) is 26.0 Å². The lowest BCUT2D eigenvalue weighted by molar-refractivity contribution is -0.140. The van der Waals surface area contributed by atoms with Gasteiger partial charge in [-0.2, -0.15) is 0 Å². The number of rotatable bonds is 13. The minimum atomic E-state index is -4.10. The fourth-order valence-electron chi connectivity index (χ4n) is 4.09. The second kappa shape index (κ2) is 14.1. The molecule has 0 heterocycles. The number of hydrogen-bond acceptors (Lipinski definition) is 5. The fraction of sp³-hybridized carbons (Fsp3) is 0.310. The van der Waals surface area contributed by atoms with E-state index in [1.54, 1.807) is 61.7 Å². The van der Waals surface area contributed by atoms with E-state index in [0.29, 0.717) is 28.9 Å². The van der Waals surface area contributed by atoms with Crippen molar-refractivity contribution in [2.24, 2.45) is 0 Å². The summed E-state index contributed by atoms with van der Waals surface area (Å²) in [5.41, 5.74) is 1.11. The molecule has 8 nitrogen and oxygen atoms in total. The summed E-state index contributed by atoms with van der Waals surface area (Å²) in [5, 5.41) is 2.88. The van der Waals surface area contributed by atoms with Crippen LogP contribution in [0.2, 0.25) is 0 Å². The maximum Gasteiger partial charge on any atom is 0.264 e. The minimum absolute atomic E-state index is 0.0622. The third-order valence-electron chi connectivity index (χ3n) is 6.15. The molecule has 0 aliphatic rings. The molecular weight excluding hydrogens is 582 g/mol. The molecule has 2 amide bonds. The van der Waals surface area contributed by atoms with Gasteiger partial charge < -0.3 is 15.0 Å². The molecule has 0 saturated carbocycles. The van der Waals surface area contributed by atoms with E-state index in [9.17, 15) is 18.0 Å². The maximum atomic E-state index is 14.0. The smallest absolute Gasteiger partial charge is 0.264 e. The average Bonchev–Trinajstić information content (AvgIpc) is 2.95. The van der Waals surface area contributed by atoms with Crippen molar-refractivity contribution in [1.82, 2.24) is 10.2 Å². The van der Waals surface area contributed by atoms with Crippen LogP contribution in [0, 0.1) is 0 Å². The van der Waals surface area contributed by atoms with Gasteiger partial charge in [-0.15, -0.1) is 0 Å². The predicted octanol–water partition coefficient (Wildman–Crippen LogP) is 4.99. The highest BCUT2D eigenvalue weighted by Gasteiger charge is 2.33. The number of halogens is 1. The molecule has 0 aliphatic heterocycles.